The summed E-state index contributed by atoms with van der Waals surface area (Å²) < 4.78 is 0.977. The van der Waals surface area contributed by atoms with Crippen molar-refractivity contribution in [3.63, 3.8) is 0 Å². The summed E-state index contributed by atoms with van der Waals surface area (Å²) in [5, 5.41) is 12.5. The van der Waals surface area contributed by atoms with E-state index in [-0.39, 0.29) is 0 Å². The molecule has 0 bridgehead atoms. The van der Waals surface area contributed by atoms with Crippen LogP contribution in [0.4, 0.5) is 5.69 Å². The number of hydrogen-bond donors (Lipinski definition) is 1. The summed E-state index contributed by atoms with van der Waals surface area (Å²) in [5.41, 5.74) is 1.86. The normalized spacial score (nSPS) is 16.1. The molecule has 19 heavy (non-hydrogen) atoms. The van der Waals surface area contributed by atoms with Crippen molar-refractivity contribution < 1.29 is 0 Å². The van der Waals surface area contributed by atoms with E-state index in [9.17, 15) is 0 Å². The van der Waals surface area contributed by atoms with Gasteiger partial charge in [-0.05, 0) is 57.0 Å². The van der Waals surface area contributed by atoms with Crippen LogP contribution in [0, 0.1) is 17.2 Å². The SMILES string of the molecule is CCN(CC1CCNCC1)c1cc(Br)cc(C#N)c1. The van der Waals surface area contributed by atoms with Crippen LogP contribution in [0.2, 0.25) is 0 Å². The Balaban J connectivity index is 2.12. The molecule has 4 heteroatoms. The maximum absolute atomic E-state index is 9.06. The second kappa shape index (κ2) is 6.93. The van der Waals surface area contributed by atoms with E-state index < -0.39 is 0 Å². The van der Waals surface area contributed by atoms with Crippen molar-refractivity contribution in [2.45, 2.75) is 19.8 Å². The lowest BCUT2D eigenvalue weighted by molar-refractivity contribution is 0.374. The Morgan fingerprint density at radius 2 is 2.11 bits per heavy atom. The van der Waals surface area contributed by atoms with E-state index in [4.69, 9.17) is 5.26 Å². The van der Waals surface area contributed by atoms with Gasteiger partial charge < -0.3 is 10.2 Å². The topological polar surface area (TPSA) is 39.1 Å². The van der Waals surface area contributed by atoms with Gasteiger partial charge in [-0.25, -0.2) is 0 Å². The minimum atomic E-state index is 0.716. The van der Waals surface area contributed by atoms with Gasteiger partial charge in [0.1, 0.15) is 0 Å². The van der Waals surface area contributed by atoms with E-state index in [1.165, 1.54) is 12.8 Å². The van der Waals surface area contributed by atoms with Crippen molar-refractivity contribution in [1.29, 1.82) is 5.26 Å². The predicted molar refractivity (Wildman–Crippen MR) is 82.3 cm³/mol. The van der Waals surface area contributed by atoms with Crippen LogP contribution >= 0.6 is 15.9 Å². The number of nitrogens with zero attached hydrogens (tertiary/aromatic N) is 2. The Hall–Kier alpha value is -1.05. The van der Waals surface area contributed by atoms with Gasteiger partial charge in [0.05, 0.1) is 11.6 Å². The number of hydrogen-bond acceptors (Lipinski definition) is 3. The first-order valence-electron chi connectivity index (χ1n) is 6.89. The summed E-state index contributed by atoms with van der Waals surface area (Å²) in [6, 6.07) is 8.17. The van der Waals surface area contributed by atoms with Crippen LogP contribution < -0.4 is 10.2 Å². The van der Waals surface area contributed by atoms with Crippen molar-refractivity contribution in [2.75, 3.05) is 31.1 Å². The first-order valence-corrected chi connectivity index (χ1v) is 7.68. The molecule has 1 aromatic rings. The number of halogens is 1. The second-order valence-electron chi connectivity index (χ2n) is 5.04. The standard InChI is InChI=1S/C15H20BrN3/c1-2-19(11-12-3-5-18-6-4-12)15-8-13(10-17)7-14(16)9-15/h7-9,12,18H,2-6,11H2,1H3. The molecule has 2 rings (SSSR count). The Labute approximate surface area is 123 Å². The van der Waals surface area contributed by atoms with Crippen molar-refractivity contribution >= 4 is 21.6 Å². The zero-order chi connectivity index (χ0) is 13.7. The van der Waals surface area contributed by atoms with E-state index in [2.05, 4.69) is 45.2 Å². The van der Waals surface area contributed by atoms with Gasteiger partial charge in [0.2, 0.25) is 0 Å². The van der Waals surface area contributed by atoms with Gasteiger partial charge in [-0.15, -0.1) is 0 Å². The van der Waals surface area contributed by atoms with E-state index in [0.29, 0.717) is 5.56 Å². The highest BCUT2D eigenvalue weighted by atomic mass is 79.9. The molecule has 1 aliphatic rings. The molecule has 0 spiro atoms. The minimum Gasteiger partial charge on any atom is -0.371 e. The largest absolute Gasteiger partial charge is 0.371 e. The molecule has 1 aliphatic heterocycles. The first kappa shape index (κ1) is 14.4. The molecule has 102 valence electrons. The third-order valence-corrected chi connectivity index (χ3v) is 4.15. The highest BCUT2D eigenvalue weighted by Gasteiger charge is 2.17. The molecule has 0 unspecified atom stereocenters. The number of nitrogens with one attached hydrogen (secondary N) is 1. The quantitative estimate of drug-likeness (QED) is 0.925. The van der Waals surface area contributed by atoms with Crippen LogP contribution in [0.15, 0.2) is 22.7 Å². The molecule has 0 aromatic heterocycles. The van der Waals surface area contributed by atoms with Gasteiger partial charge in [-0.3, -0.25) is 0 Å². The van der Waals surface area contributed by atoms with Gasteiger partial charge in [0.15, 0.2) is 0 Å². The van der Waals surface area contributed by atoms with Crippen LogP contribution in [-0.2, 0) is 0 Å². The lowest BCUT2D eigenvalue weighted by atomic mass is 9.97. The van der Waals surface area contributed by atoms with E-state index in [1.54, 1.807) is 0 Å². The van der Waals surface area contributed by atoms with Gasteiger partial charge in [0, 0.05) is 23.2 Å². The molecular formula is C15H20BrN3. The van der Waals surface area contributed by atoms with Gasteiger partial charge >= 0.3 is 0 Å². The fourth-order valence-electron chi connectivity index (χ4n) is 2.61. The molecule has 0 atom stereocenters. The maximum atomic E-state index is 9.06. The molecule has 0 amide bonds. The molecule has 1 heterocycles. The smallest absolute Gasteiger partial charge is 0.0992 e. The summed E-state index contributed by atoms with van der Waals surface area (Å²) in [6.45, 7) is 6.49. The molecule has 3 nitrogen and oxygen atoms in total. The number of rotatable bonds is 4. The minimum absolute atomic E-state index is 0.716. The fourth-order valence-corrected chi connectivity index (χ4v) is 3.10. The van der Waals surface area contributed by atoms with Gasteiger partial charge in [0.25, 0.3) is 0 Å². The Morgan fingerprint density at radius 1 is 1.37 bits per heavy atom. The third-order valence-electron chi connectivity index (χ3n) is 3.70. The summed E-state index contributed by atoms with van der Waals surface area (Å²) in [7, 11) is 0. The summed E-state index contributed by atoms with van der Waals surface area (Å²) >= 11 is 3.49. The van der Waals surface area contributed by atoms with Gasteiger partial charge in [-0.2, -0.15) is 5.26 Å². The number of nitriles is 1. The number of benzene rings is 1. The van der Waals surface area contributed by atoms with Crippen LogP contribution in [-0.4, -0.2) is 26.2 Å². The summed E-state index contributed by atoms with van der Waals surface area (Å²) in [4.78, 5) is 2.38. The molecule has 0 aliphatic carbocycles. The highest BCUT2D eigenvalue weighted by molar-refractivity contribution is 9.10. The van der Waals surface area contributed by atoms with E-state index in [0.717, 1.165) is 42.3 Å². The lowest BCUT2D eigenvalue weighted by Crippen LogP contribution is -2.36. The van der Waals surface area contributed by atoms with Crippen molar-refractivity contribution in [3.05, 3.63) is 28.2 Å². The predicted octanol–water partition coefficient (Wildman–Crippen LogP) is 3.15. The molecule has 1 N–H and O–H groups in total. The fraction of sp³-hybridized carbons (Fsp3) is 0.533. The van der Waals surface area contributed by atoms with Crippen molar-refractivity contribution in [1.82, 2.24) is 5.32 Å². The highest BCUT2D eigenvalue weighted by Crippen LogP contribution is 2.25. The van der Waals surface area contributed by atoms with Crippen LogP contribution in [0.1, 0.15) is 25.3 Å². The van der Waals surface area contributed by atoms with Crippen molar-refractivity contribution in [3.8, 4) is 6.07 Å². The van der Waals surface area contributed by atoms with Crippen molar-refractivity contribution in [2.24, 2.45) is 5.92 Å². The maximum Gasteiger partial charge on any atom is 0.0992 e. The van der Waals surface area contributed by atoms with Crippen LogP contribution in [0.3, 0.4) is 0 Å². The molecule has 1 fully saturated rings. The average Bonchev–Trinajstić information content (AvgIpc) is 2.45. The molecular weight excluding hydrogens is 302 g/mol. The Bertz CT molecular complexity index is 461. The zero-order valence-corrected chi connectivity index (χ0v) is 12.9. The molecule has 1 aromatic carbocycles. The second-order valence-corrected chi connectivity index (χ2v) is 5.96. The van der Waals surface area contributed by atoms with E-state index >= 15 is 0 Å². The average molecular weight is 322 g/mol. The summed E-state index contributed by atoms with van der Waals surface area (Å²) in [6.07, 6.45) is 2.49. The third kappa shape index (κ3) is 3.95. The zero-order valence-electron chi connectivity index (χ0n) is 11.3. The van der Waals surface area contributed by atoms with Gasteiger partial charge in [-0.1, -0.05) is 15.9 Å². The monoisotopic (exact) mass is 321 g/mol. The molecule has 1 saturated heterocycles. The van der Waals surface area contributed by atoms with E-state index in [1.807, 2.05) is 12.1 Å². The first-order chi connectivity index (χ1) is 9.22. The Morgan fingerprint density at radius 3 is 2.74 bits per heavy atom. The molecule has 0 radical (unpaired) electrons. The summed E-state index contributed by atoms with van der Waals surface area (Å²) in [5.74, 6) is 0.755. The van der Waals surface area contributed by atoms with Crippen LogP contribution in [0.25, 0.3) is 0 Å². The molecule has 0 saturated carbocycles. The van der Waals surface area contributed by atoms with Crippen LogP contribution in [0.5, 0.6) is 0 Å². The lowest BCUT2D eigenvalue weighted by Gasteiger charge is -2.31. The Kier molecular flexibility index (Phi) is 5.24. The number of piperidine rings is 1. The number of anilines is 1.